The van der Waals surface area contributed by atoms with Gasteiger partial charge in [-0.05, 0) is 49.3 Å². The Bertz CT molecular complexity index is 1550. The number of nitrogens with one attached hydrogen (secondary N) is 3. The summed E-state index contributed by atoms with van der Waals surface area (Å²) in [5.74, 6) is 1.62. The number of hydrogen-bond donors (Lipinski definition) is 3. The molecule has 0 radical (unpaired) electrons. The molecule has 0 saturated carbocycles. The first-order chi connectivity index (χ1) is 19.3. The van der Waals surface area contributed by atoms with E-state index >= 15 is 0 Å². The molecule has 3 aliphatic rings. The second-order valence-corrected chi connectivity index (χ2v) is 11.5. The number of rotatable bonds is 8. The topological polar surface area (TPSA) is 72.4 Å². The van der Waals surface area contributed by atoms with Gasteiger partial charge in [-0.25, -0.2) is 9.97 Å². The lowest BCUT2D eigenvalue weighted by atomic mass is 9.89. The highest BCUT2D eigenvalue weighted by Gasteiger charge is 2.52. The maximum absolute atomic E-state index is 13.3. The Balaban J connectivity index is 1.13. The van der Waals surface area contributed by atoms with Gasteiger partial charge in [-0.1, -0.05) is 49.4 Å². The third-order valence-corrected chi connectivity index (χ3v) is 8.70. The van der Waals surface area contributed by atoms with Crippen molar-refractivity contribution in [1.82, 2.24) is 30.2 Å². The van der Waals surface area contributed by atoms with E-state index in [4.69, 9.17) is 4.98 Å². The molecular weight excluding hydrogens is 513 g/mol. The van der Waals surface area contributed by atoms with E-state index < -0.39 is 12.6 Å². The van der Waals surface area contributed by atoms with Crippen LogP contribution in [0.5, 0.6) is 0 Å². The molecule has 4 atom stereocenters. The molecule has 2 unspecified atom stereocenters. The fourth-order valence-electron chi connectivity index (χ4n) is 6.12. The summed E-state index contributed by atoms with van der Waals surface area (Å²) in [4.78, 5) is 18.6. The number of imidazole rings is 2. The van der Waals surface area contributed by atoms with E-state index in [0.717, 1.165) is 47.9 Å². The predicted molar refractivity (Wildman–Crippen MR) is 149 cm³/mol. The summed E-state index contributed by atoms with van der Waals surface area (Å²) < 4.78 is 40.0. The fourth-order valence-corrected chi connectivity index (χ4v) is 6.12. The standard InChI is InChI=1S/C31H33F3N6/c1-3-17(2)35-15-27-36-25(14-31(32,33)34)28(38-27)19-6-4-18(5-7-19)20-8-10-23-21(12-20)9-11-24-29(23)39-30(37-24)26-13-22-16-40(22)26/h4-8,10,12,17,22,26,35H,3,9,11,13-16H2,1-2H3,(H,36,38)(H,37,39)/t17?,22-,26-,40?/m0/s1. The highest BCUT2D eigenvalue weighted by molar-refractivity contribution is 5.76. The minimum atomic E-state index is -4.32. The molecule has 0 bridgehead atoms. The molecule has 3 N–H and O–H groups in total. The van der Waals surface area contributed by atoms with Crippen LogP contribution in [0.2, 0.25) is 0 Å². The lowest BCUT2D eigenvalue weighted by Gasteiger charge is -2.24. The van der Waals surface area contributed by atoms with Gasteiger partial charge in [0.2, 0.25) is 0 Å². The number of fused-ring (bicyclic) bond motifs is 4. The molecule has 208 valence electrons. The van der Waals surface area contributed by atoms with Crippen LogP contribution in [0.1, 0.15) is 61.3 Å². The molecule has 4 heterocycles. The Hall–Kier alpha value is -3.43. The Kier molecular flexibility index (Phi) is 6.12. The van der Waals surface area contributed by atoms with Gasteiger partial charge in [-0.2, -0.15) is 13.2 Å². The quantitative estimate of drug-likeness (QED) is 0.225. The summed E-state index contributed by atoms with van der Waals surface area (Å²) >= 11 is 0. The third kappa shape index (κ3) is 4.75. The maximum atomic E-state index is 13.3. The van der Waals surface area contributed by atoms with Gasteiger partial charge in [0.15, 0.2) is 0 Å². The van der Waals surface area contributed by atoms with Crippen LogP contribution in [0.25, 0.3) is 33.6 Å². The van der Waals surface area contributed by atoms with Crippen LogP contribution >= 0.6 is 0 Å². The van der Waals surface area contributed by atoms with Crippen LogP contribution in [-0.4, -0.2) is 49.6 Å². The van der Waals surface area contributed by atoms with Crippen LogP contribution in [0.3, 0.4) is 0 Å². The van der Waals surface area contributed by atoms with E-state index in [0.29, 0.717) is 29.7 Å². The first kappa shape index (κ1) is 25.5. The second-order valence-electron chi connectivity index (χ2n) is 11.5. The van der Waals surface area contributed by atoms with Gasteiger partial charge in [-0.3, -0.25) is 4.90 Å². The largest absolute Gasteiger partial charge is 0.394 e. The van der Waals surface area contributed by atoms with Crippen LogP contribution in [-0.2, 0) is 25.8 Å². The first-order valence-electron chi connectivity index (χ1n) is 14.2. The van der Waals surface area contributed by atoms with Crippen molar-refractivity contribution < 1.29 is 13.2 Å². The zero-order valence-corrected chi connectivity index (χ0v) is 22.7. The van der Waals surface area contributed by atoms with Crippen molar-refractivity contribution in [2.45, 2.75) is 76.8 Å². The van der Waals surface area contributed by atoms with Crippen molar-refractivity contribution in [1.29, 1.82) is 0 Å². The zero-order chi connectivity index (χ0) is 27.6. The van der Waals surface area contributed by atoms with Crippen LogP contribution < -0.4 is 5.32 Å². The molecule has 2 aromatic carbocycles. The Morgan fingerprint density at radius 3 is 2.48 bits per heavy atom. The van der Waals surface area contributed by atoms with Crippen molar-refractivity contribution in [3.8, 4) is 33.6 Å². The van der Waals surface area contributed by atoms with E-state index in [2.05, 4.69) is 50.3 Å². The van der Waals surface area contributed by atoms with Crippen molar-refractivity contribution >= 4 is 0 Å². The SMILES string of the molecule is CCC(C)NCc1nc(-c2ccc(-c3ccc4c(c3)CCc3[nH]c([C@@H]5C[C@H]6CN65)nc3-4)cc2)c(CC(F)(F)F)[nH]1. The average Bonchev–Trinajstić information content (AvgIpc) is 3.24. The van der Waals surface area contributed by atoms with Gasteiger partial charge < -0.3 is 15.3 Å². The molecule has 40 heavy (non-hydrogen) atoms. The van der Waals surface area contributed by atoms with E-state index in [1.807, 2.05) is 31.2 Å². The van der Waals surface area contributed by atoms with Gasteiger partial charge in [-0.15, -0.1) is 0 Å². The van der Waals surface area contributed by atoms with Gasteiger partial charge in [0.1, 0.15) is 11.6 Å². The third-order valence-electron chi connectivity index (χ3n) is 8.70. The molecule has 0 spiro atoms. The van der Waals surface area contributed by atoms with Crippen molar-refractivity contribution in [2.75, 3.05) is 6.54 Å². The number of nitrogens with zero attached hydrogens (tertiary/aromatic N) is 3. The number of alkyl halides is 3. The minimum Gasteiger partial charge on any atom is -0.344 e. The average molecular weight is 547 g/mol. The second kappa shape index (κ2) is 9.59. The van der Waals surface area contributed by atoms with Crippen LogP contribution in [0.4, 0.5) is 13.2 Å². The number of halogens is 3. The summed E-state index contributed by atoms with van der Waals surface area (Å²) in [7, 11) is 0. The molecule has 6 nitrogen and oxygen atoms in total. The normalized spacial score (nSPS) is 21.8. The summed E-state index contributed by atoms with van der Waals surface area (Å²) in [6.45, 7) is 5.70. The number of H-pyrrole nitrogens is 2. The highest BCUT2D eigenvalue weighted by Crippen LogP contribution is 2.48. The number of aromatic nitrogens is 4. The fraction of sp³-hybridized carbons (Fsp3) is 0.419. The highest BCUT2D eigenvalue weighted by atomic mass is 19.4. The Morgan fingerprint density at radius 1 is 1.00 bits per heavy atom. The van der Waals surface area contributed by atoms with E-state index in [1.165, 1.54) is 29.8 Å². The Morgan fingerprint density at radius 2 is 1.77 bits per heavy atom. The summed E-state index contributed by atoms with van der Waals surface area (Å²) in [5, 5.41) is 3.30. The lowest BCUT2D eigenvalue weighted by molar-refractivity contribution is -0.127. The van der Waals surface area contributed by atoms with E-state index in [1.54, 1.807) is 0 Å². The molecule has 0 amide bonds. The van der Waals surface area contributed by atoms with Crippen LogP contribution in [0, 0.1) is 0 Å². The molecule has 2 aliphatic heterocycles. The molecular formula is C31H33F3N6. The number of benzene rings is 2. The van der Waals surface area contributed by atoms with Gasteiger partial charge in [0.25, 0.3) is 0 Å². The van der Waals surface area contributed by atoms with Crippen molar-refractivity contribution in [3.05, 3.63) is 71.1 Å². The molecule has 2 saturated heterocycles. The summed E-state index contributed by atoms with van der Waals surface area (Å²) in [6, 6.07) is 15.7. The molecule has 4 aromatic rings. The van der Waals surface area contributed by atoms with Crippen molar-refractivity contribution in [2.24, 2.45) is 0 Å². The van der Waals surface area contributed by atoms with Gasteiger partial charge in [0.05, 0.1) is 36.1 Å². The molecule has 1 aliphatic carbocycles. The van der Waals surface area contributed by atoms with Gasteiger partial charge in [0, 0.05) is 35.4 Å². The number of hydrogen-bond acceptors (Lipinski definition) is 4. The van der Waals surface area contributed by atoms with Crippen LogP contribution in [0.15, 0.2) is 42.5 Å². The molecule has 2 aromatic heterocycles. The van der Waals surface area contributed by atoms with Gasteiger partial charge >= 0.3 is 6.18 Å². The molecule has 9 heteroatoms. The number of aromatic amines is 2. The first-order valence-corrected chi connectivity index (χ1v) is 14.2. The van der Waals surface area contributed by atoms with Crippen molar-refractivity contribution in [3.63, 3.8) is 0 Å². The zero-order valence-electron chi connectivity index (χ0n) is 22.7. The number of aryl methyl sites for hydroxylation is 2. The minimum absolute atomic E-state index is 0.0973. The summed E-state index contributed by atoms with van der Waals surface area (Å²) in [6.07, 6.45) is -1.33. The van der Waals surface area contributed by atoms with E-state index in [-0.39, 0.29) is 11.7 Å². The smallest absolute Gasteiger partial charge is 0.344 e. The Labute approximate surface area is 231 Å². The monoisotopic (exact) mass is 546 g/mol. The lowest BCUT2D eigenvalue weighted by Crippen LogP contribution is -2.25. The summed E-state index contributed by atoms with van der Waals surface area (Å²) in [5.41, 5.74) is 8.03. The molecule has 2 fully saturated rings. The molecule has 7 rings (SSSR count). The van der Waals surface area contributed by atoms with E-state index in [9.17, 15) is 13.2 Å². The maximum Gasteiger partial charge on any atom is 0.394 e. The predicted octanol–water partition coefficient (Wildman–Crippen LogP) is 6.35.